The van der Waals surface area contributed by atoms with Gasteiger partial charge < -0.3 is 10.1 Å². The van der Waals surface area contributed by atoms with Gasteiger partial charge >= 0.3 is 0 Å². The van der Waals surface area contributed by atoms with Crippen molar-refractivity contribution in [3.63, 3.8) is 0 Å². The Kier molecular flexibility index (Phi) is 4.29. The molecule has 0 radical (unpaired) electrons. The van der Waals surface area contributed by atoms with Crippen molar-refractivity contribution in [1.29, 1.82) is 0 Å². The number of pyridine rings is 2. The molecule has 23 heavy (non-hydrogen) atoms. The molecule has 3 heterocycles. The Hall–Kier alpha value is -2.80. The first-order valence-corrected chi connectivity index (χ1v) is 7.40. The van der Waals surface area contributed by atoms with Crippen molar-refractivity contribution in [3.05, 3.63) is 53.2 Å². The average Bonchev–Trinajstić information content (AvgIpc) is 3.00. The molecule has 0 aliphatic carbocycles. The average molecular weight is 311 g/mol. The molecule has 2 N–H and O–H groups in total. The quantitative estimate of drug-likeness (QED) is 0.743. The van der Waals surface area contributed by atoms with Crippen LogP contribution in [0.25, 0.3) is 22.8 Å². The first-order valence-electron chi connectivity index (χ1n) is 7.40. The van der Waals surface area contributed by atoms with Crippen molar-refractivity contribution >= 4 is 0 Å². The number of hydrogen-bond donors (Lipinski definition) is 2. The maximum atomic E-state index is 11.2. The van der Waals surface area contributed by atoms with Crippen LogP contribution in [-0.2, 0) is 6.54 Å². The highest BCUT2D eigenvalue weighted by atomic mass is 16.3. The van der Waals surface area contributed by atoms with E-state index in [2.05, 4.69) is 20.1 Å². The second-order valence-electron chi connectivity index (χ2n) is 5.18. The Morgan fingerprint density at radius 3 is 2.65 bits per heavy atom. The fourth-order valence-electron chi connectivity index (χ4n) is 2.18. The van der Waals surface area contributed by atoms with Gasteiger partial charge in [-0.1, -0.05) is 6.92 Å². The van der Waals surface area contributed by atoms with Gasteiger partial charge in [0.25, 0.3) is 0 Å². The SMILES string of the molecule is CC[C@@H](O)Cn1nc(-c2ccncc2)nc1-c1ccc(=O)[nH]c1. The van der Waals surface area contributed by atoms with Crippen LogP contribution in [0.3, 0.4) is 0 Å². The molecule has 0 spiro atoms. The van der Waals surface area contributed by atoms with E-state index in [9.17, 15) is 9.90 Å². The fourth-order valence-corrected chi connectivity index (χ4v) is 2.18. The molecule has 3 rings (SSSR count). The van der Waals surface area contributed by atoms with Crippen molar-refractivity contribution < 1.29 is 5.11 Å². The summed E-state index contributed by atoms with van der Waals surface area (Å²) < 4.78 is 1.66. The van der Waals surface area contributed by atoms with Gasteiger partial charge in [-0.05, 0) is 24.6 Å². The monoisotopic (exact) mass is 311 g/mol. The standard InChI is InChI=1S/C16H17N5O2/c1-2-13(22)10-21-16(12-3-4-14(23)18-9-12)19-15(20-21)11-5-7-17-8-6-11/h3-9,13,22H,2,10H2,1H3,(H,18,23)/t13-/m1/s1. The van der Waals surface area contributed by atoms with E-state index in [1.54, 1.807) is 29.3 Å². The van der Waals surface area contributed by atoms with Crippen molar-refractivity contribution in [2.24, 2.45) is 0 Å². The summed E-state index contributed by atoms with van der Waals surface area (Å²) in [5.41, 5.74) is 1.40. The Labute approximate surface area is 132 Å². The van der Waals surface area contributed by atoms with E-state index in [-0.39, 0.29) is 5.56 Å². The van der Waals surface area contributed by atoms with Gasteiger partial charge in [0.05, 0.1) is 12.6 Å². The van der Waals surface area contributed by atoms with E-state index in [0.717, 1.165) is 11.1 Å². The minimum absolute atomic E-state index is 0.178. The molecule has 0 unspecified atom stereocenters. The molecular weight excluding hydrogens is 294 g/mol. The lowest BCUT2D eigenvalue weighted by Crippen LogP contribution is -2.17. The first kappa shape index (κ1) is 15.1. The normalized spacial score (nSPS) is 12.3. The molecule has 3 aromatic rings. The van der Waals surface area contributed by atoms with Crippen molar-refractivity contribution in [2.75, 3.05) is 0 Å². The summed E-state index contributed by atoms with van der Waals surface area (Å²) in [6.07, 6.45) is 5.06. The third-order valence-electron chi connectivity index (χ3n) is 3.51. The maximum absolute atomic E-state index is 11.2. The minimum atomic E-state index is -0.511. The Morgan fingerprint density at radius 2 is 2.00 bits per heavy atom. The molecule has 0 fully saturated rings. The van der Waals surface area contributed by atoms with Crippen LogP contribution < -0.4 is 5.56 Å². The van der Waals surface area contributed by atoms with Crippen LogP contribution in [0, 0.1) is 0 Å². The van der Waals surface area contributed by atoms with E-state index < -0.39 is 6.10 Å². The lowest BCUT2D eigenvalue weighted by Gasteiger charge is -2.09. The minimum Gasteiger partial charge on any atom is -0.391 e. The number of hydrogen-bond acceptors (Lipinski definition) is 5. The van der Waals surface area contributed by atoms with E-state index in [1.807, 2.05) is 19.1 Å². The lowest BCUT2D eigenvalue weighted by atomic mass is 10.2. The zero-order chi connectivity index (χ0) is 16.2. The van der Waals surface area contributed by atoms with Crippen LogP contribution in [0.4, 0.5) is 0 Å². The topological polar surface area (TPSA) is 96.7 Å². The third-order valence-corrected chi connectivity index (χ3v) is 3.51. The number of aromatic nitrogens is 5. The predicted octanol–water partition coefficient (Wildman–Crippen LogP) is 1.47. The van der Waals surface area contributed by atoms with Gasteiger partial charge in [0.15, 0.2) is 11.6 Å². The number of nitrogens with zero attached hydrogens (tertiary/aromatic N) is 4. The van der Waals surface area contributed by atoms with Gasteiger partial charge in [-0.2, -0.15) is 5.10 Å². The zero-order valence-corrected chi connectivity index (χ0v) is 12.7. The highest BCUT2D eigenvalue weighted by Gasteiger charge is 2.15. The molecule has 0 aromatic carbocycles. The Balaban J connectivity index is 2.06. The molecule has 0 bridgehead atoms. The second-order valence-corrected chi connectivity index (χ2v) is 5.18. The maximum Gasteiger partial charge on any atom is 0.247 e. The summed E-state index contributed by atoms with van der Waals surface area (Å²) in [6, 6.07) is 6.78. The summed E-state index contributed by atoms with van der Waals surface area (Å²) >= 11 is 0. The molecule has 1 atom stereocenters. The summed E-state index contributed by atoms with van der Waals surface area (Å²) in [7, 11) is 0. The van der Waals surface area contributed by atoms with Crippen LogP contribution in [0.2, 0.25) is 0 Å². The molecule has 118 valence electrons. The van der Waals surface area contributed by atoms with Gasteiger partial charge in [0, 0.05) is 35.8 Å². The van der Waals surface area contributed by atoms with E-state index >= 15 is 0 Å². The molecule has 0 saturated heterocycles. The molecular formula is C16H17N5O2. The molecule has 3 aromatic heterocycles. The fraction of sp³-hybridized carbons (Fsp3) is 0.250. The third kappa shape index (κ3) is 3.35. The van der Waals surface area contributed by atoms with Crippen LogP contribution in [0.5, 0.6) is 0 Å². The largest absolute Gasteiger partial charge is 0.391 e. The van der Waals surface area contributed by atoms with Crippen molar-refractivity contribution in [2.45, 2.75) is 26.0 Å². The molecule has 0 aliphatic rings. The van der Waals surface area contributed by atoms with E-state index in [0.29, 0.717) is 24.6 Å². The van der Waals surface area contributed by atoms with Gasteiger partial charge in [0.2, 0.25) is 5.56 Å². The van der Waals surface area contributed by atoms with Crippen LogP contribution in [-0.4, -0.2) is 35.9 Å². The molecule has 7 nitrogen and oxygen atoms in total. The molecule has 0 saturated carbocycles. The number of nitrogens with one attached hydrogen (secondary N) is 1. The van der Waals surface area contributed by atoms with Crippen molar-refractivity contribution in [3.8, 4) is 22.8 Å². The number of aliphatic hydroxyl groups excluding tert-OH is 1. The summed E-state index contributed by atoms with van der Waals surface area (Å²) in [4.78, 5) is 22.4. The first-order chi connectivity index (χ1) is 11.2. The molecule has 0 aliphatic heterocycles. The van der Waals surface area contributed by atoms with Crippen molar-refractivity contribution in [1.82, 2.24) is 24.7 Å². The predicted molar refractivity (Wildman–Crippen MR) is 85.6 cm³/mol. The lowest BCUT2D eigenvalue weighted by molar-refractivity contribution is 0.146. The second kappa shape index (κ2) is 6.53. The zero-order valence-electron chi connectivity index (χ0n) is 12.7. The Morgan fingerprint density at radius 1 is 1.22 bits per heavy atom. The van der Waals surface area contributed by atoms with Gasteiger partial charge in [-0.25, -0.2) is 9.67 Å². The summed E-state index contributed by atoms with van der Waals surface area (Å²) in [5.74, 6) is 1.15. The van der Waals surface area contributed by atoms with Crippen LogP contribution in [0.1, 0.15) is 13.3 Å². The summed E-state index contributed by atoms with van der Waals surface area (Å²) in [5, 5.41) is 14.4. The number of H-pyrrole nitrogens is 1. The van der Waals surface area contributed by atoms with Gasteiger partial charge in [-0.3, -0.25) is 9.78 Å². The number of aliphatic hydroxyl groups is 1. The highest BCUT2D eigenvalue weighted by molar-refractivity contribution is 5.60. The molecule has 0 amide bonds. The van der Waals surface area contributed by atoms with Crippen LogP contribution in [0.15, 0.2) is 47.7 Å². The highest BCUT2D eigenvalue weighted by Crippen LogP contribution is 2.21. The van der Waals surface area contributed by atoms with Gasteiger partial charge in [0.1, 0.15) is 0 Å². The summed E-state index contributed by atoms with van der Waals surface area (Å²) in [6.45, 7) is 2.24. The van der Waals surface area contributed by atoms with Gasteiger partial charge in [-0.15, -0.1) is 0 Å². The smallest absolute Gasteiger partial charge is 0.247 e. The van der Waals surface area contributed by atoms with Crippen LogP contribution >= 0.6 is 0 Å². The number of aromatic amines is 1. The van der Waals surface area contributed by atoms with E-state index in [4.69, 9.17) is 0 Å². The molecule has 7 heteroatoms. The Bertz CT molecular complexity index is 821. The van der Waals surface area contributed by atoms with E-state index in [1.165, 1.54) is 6.07 Å². The number of rotatable bonds is 5.